The lowest BCUT2D eigenvalue weighted by Gasteiger charge is -2.20. The summed E-state index contributed by atoms with van der Waals surface area (Å²) < 4.78 is 5.41. The number of ether oxygens (including phenoxy) is 1. The predicted octanol–water partition coefficient (Wildman–Crippen LogP) is 1.23. The van der Waals surface area contributed by atoms with E-state index in [1.807, 2.05) is 48.5 Å². The highest BCUT2D eigenvalue weighted by Crippen LogP contribution is 2.44. The van der Waals surface area contributed by atoms with Crippen molar-refractivity contribution in [2.45, 2.75) is 30.9 Å². The number of rotatable bonds is 10. The number of benzene rings is 2. The summed E-state index contributed by atoms with van der Waals surface area (Å²) in [5, 5.41) is 31.9. The van der Waals surface area contributed by atoms with Crippen LogP contribution in [0.1, 0.15) is 29.9 Å². The molecule has 9 nitrogen and oxygen atoms in total. The van der Waals surface area contributed by atoms with Gasteiger partial charge in [0.25, 0.3) is 0 Å². The molecule has 0 bridgehead atoms. The first-order valence-corrected chi connectivity index (χ1v) is 10.3. The van der Waals surface area contributed by atoms with Gasteiger partial charge in [0, 0.05) is 18.9 Å². The number of aliphatic carboxylic acids is 1. The van der Waals surface area contributed by atoms with Crippen LogP contribution in [0.25, 0.3) is 11.1 Å². The minimum atomic E-state index is -1.16. The van der Waals surface area contributed by atoms with Crippen LogP contribution >= 0.6 is 0 Å². The van der Waals surface area contributed by atoms with Gasteiger partial charge < -0.3 is 30.7 Å². The summed E-state index contributed by atoms with van der Waals surface area (Å²) in [6.07, 6.45) is -2.50. The van der Waals surface area contributed by atoms with Gasteiger partial charge in [-0.3, -0.25) is 9.59 Å². The van der Waals surface area contributed by atoms with Crippen molar-refractivity contribution in [1.29, 1.82) is 0 Å². The summed E-state index contributed by atoms with van der Waals surface area (Å²) in [5.41, 5.74) is 4.25. The largest absolute Gasteiger partial charge is 0.481 e. The number of alkyl carbamates (subject to hydrolysis) is 1. The smallest absolute Gasteiger partial charge is 0.407 e. The Balaban J connectivity index is 1.63. The quantitative estimate of drug-likeness (QED) is 0.372. The molecule has 0 aliphatic heterocycles. The van der Waals surface area contributed by atoms with Crippen molar-refractivity contribution in [3.63, 3.8) is 0 Å². The molecule has 2 amide bonds. The first-order valence-electron chi connectivity index (χ1n) is 10.3. The summed E-state index contributed by atoms with van der Waals surface area (Å²) in [7, 11) is 0. The van der Waals surface area contributed by atoms with Gasteiger partial charge >= 0.3 is 12.1 Å². The van der Waals surface area contributed by atoms with Crippen LogP contribution in [0.2, 0.25) is 0 Å². The van der Waals surface area contributed by atoms with E-state index in [0.717, 1.165) is 22.3 Å². The number of carboxylic acids is 1. The molecule has 0 saturated heterocycles. The Morgan fingerprint density at radius 1 is 1.00 bits per heavy atom. The predicted molar refractivity (Wildman–Crippen MR) is 115 cm³/mol. The van der Waals surface area contributed by atoms with Gasteiger partial charge in [0.05, 0.1) is 12.7 Å². The first kappa shape index (κ1) is 23.2. The highest BCUT2D eigenvalue weighted by Gasteiger charge is 2.30. The Morgan fingerprint density at radius 2 is 1.59 bits per heavy atom. The number of aliphatic hydroxyl groups is 2. The number of carbonyl (C=O) groups is 3. The Morgan fingerprint density at radius 3 is 2.16 bits per heavy atom. The third-order valence-corrected chi connectivity index (χ3v) is 5.32. The molecule has 2 atom stereocenters. The van der Waals surface area contributed by atoms with Crippen molar-refractivity contribution >= 4 is 18.0 Å². The molecule has 2 aromatic rings. The second kappa shape index (κ2) is 10.7. The maximum atomic E-state index is 12.4. The van der Waals surface area contributed by atoms with Crippen molar-refractivity contribution in [1.82, 2.24) is 10.6 Å². The molecule has 9 heteroatoms. The molecule has 0 radical (unpaired) electrons. The zero-order valence-corrected chi connectivity index (χ0v) is 17.4. The molecule has 1 aliphatic rings. The van der Waals surface area contributed by atoms with Gasteiger partial charge in [-0.25, -0.2) is 4.79 Å². The Kier molecular flexibility index (Phi) is 7.80. The SMILES string of the molecule is O=C(O)CCC(NC(=O)OCC1c2ccccc2-c2ccccc21)C(=O)NCC(O)CO. The van der Waals surface area contributed by atoms with Gasteiger partial charge in [0.2, 0.25) is 5.91 Å². The summed E-state index contributed by atoms with van der Waals surface area (Å²) in [6, 6.07) is 14.6. The molecular weight excluding hydrogens is 416 g/mol. The number of fused-ring (bicyclic) bond motifs is 3. The fourth-order valence-electron chi connectivity index (χ4n) is 3.73. The van der Waals surface area contributed by atoms with Crippen LogP contribution in [0.4, 0.5) is 4.79 Å². The molecule has 3 rings (SSSR count). The topological polar surface area (TPSA) is 145 Å². The number of hydrogen-bond donors (Lipinski definition) is 5. The van der Waals surface area contributed by atoms with Crippen molar-refractivity contribution in [2.24, 2.45) is 0 Å². The lowest BCUT2D eigenvalue weighted by molar-refractivity contribution is -0.137. The summed E-state index contributed by atoms with van der Waals surface area (Å²) in [5.74, 6) is -1.95. The highest BCUT2D eigenvalue weighted by atomic mass is 16.5. The second-order valence-corrected chi connectivity index (χ2v) is 7.54. The monoisotopic (exact) mass is 442 g/mol. The van der Waals surface area contributed by atoms with Gasteiger partial charge in [-0.05, 0) is 28.7 Å². The van der Waals surface area contributed by atoms with Gasteiger partial charge in [-0.2, -0.15) is 0 Å². The number of hydrogen-bond acceptors (Lipinski definition) is 6. The molecule has 2 unspecified atom stereocenters. The van der Waals surface area contributed by atoms with E-state index >= 15 is 0 Å². The van der Waals surface area contributed by atoms with Crippen LogP contribution in [-0.2, 0) is 14.3 Å². The molecule has 170 valence electrons. The van der Waals surface area contributed by atoms with E-state index in [4.69, 9.17) is 14.9 Å². The summed E-state index contributed by atoms with van der Waals surface area (Å²) in [6.45, 7) is -0.721. The second-order valence-electron chi connectivity index (χ2n) is 7.54. The molecule has 0 heterocycles. The third-order valence-electron chi connectivity index (χ3n) is 5.32. The van der Waals surface area contributed by atoms with E-state index in [0.29, 0.717) is 0 Å². The van der Waals surface area contributed by atoms with E-state index in [1.165, 1.54) is 0 Å². The summed E-state index contributed by atoms with van der Waals surface area (Å²) >= 11 is 0. The van der Waals surface area contributed by atoms with Gasteiger partial charge in [0.15, 0.2) is 0 Å². The minimum Gasteiger partial charge on any atom is -0.481 e. The van der Waals surface area contributed by atoms with Crippen LogP contribution in [0, 0.1) is 0 Å². The molecule has 5 N–H and O–H groups in total. The molecule has 0 aromatic heterocycles. The van der Waals surface area contributed by atoms with E-state index in [9.17, 15) is 19.5 Å². The zero-order valence-electron chi connectivity index (χ0n) is 17.4. The fourth-order valence-corrected chi connectivity index (χ4v) is 3.73. The Labute approximate surface area is 185 Å². The van der Waals surface area contributed by atoms with E-state index in [1.54, 1.807) is 0 Å². The van der Waals surface area contributed by atoms with Crippen molar-refractivity contribution < 1.29 is 34.4 Å². The highest BCUT2D eigenvalue weighted by molar-refractivity contribution is 5.86. The van der Waals surface area contributed by atoms with E-state index < -0.39 is 36.7 Å². The number of nitrogens with one attached hydrogen (secondary N) is 2. The average Bonchev–Trinajstić information content (AvgIpc) is 3.12. The first-order chi connectivity index (χ1) is 15.4. The van der Waals surface area contributed by atoms with Crippen LogP contribution in [0.15, 0.2) is 48.5 Å². The van der Waals surface area contributed by atoms with Crippen LogP contribution in [-0.4, -0.2) is 65.2 Å². The van der Waals surface area contributed by atoms with Crippen molar-refractivity contribution in [3.05, 3.63) is 59.7 Å². The Bertz CT molecular complexity index is 933. The van der Waals surface area contributed by atoms with E-state index in [2.05, 4.69) is 10.6 Å². The molecule has 1 aliphatic carbocycles. The molecule has 0 spiro atoms. The Hall–Kier alpha value is -3.43. The number of carboxylic acid groups (broad SMARTS) is 1. The van der Waals surface area contributed by atoms with Crippen LogP contribution in [0.5, 0.6) is 0 Å². The maximum absolute atomic E-state index is 12.4. The number of amides is 2. The molecule has 2 aromatic carbocycles. The zero-order chi connectivity index (χ0) is 23.1. The van der Waals surface area contributed by atoms with Crippen molar-refractivity contribution in [3.8, 4) is 11.1 Å². The molecule has 0 fully saturated rings. The van der Waals surface area contributed by atoms with Crippen LogP contribution in [0.3, 0.4) is 0 Å². The minimum absolute atomic E-state index is 0.0519. The average molecular weight is 442 g/mol. The lowest BCUT2D eigenvalue weighted by Crippen LogP contribution is -2.49. The standard InChI is InChI=1S/C23H26N2O7/c26-12-14(27)11-24-22(30)20(9-10-21(28)29)25-23(31)32-13-19-17-7-3-1-5-15(17)16-6-2-4-8-18(16)19/h1-8,14,19-20,26-27H,9-13H2,(H,24,30)(H,25,31)(H,28,29). The molecule has 0 saturated carbocycles. The normalized spacial score (nSPS) is 14.1. The number of aliphatic hydroxyl groups excluding tert-OH is 2. The maximum Gasteiger partial charge on any atom is 0.407 e. The summed E-state index contributed by atoms with van der Waals surface area (Å²) in [4.78, 5) is 35.7. The third kappa shape index (κ3) is 5.63. The van der Waals surface area contributed by atoms with Gasteiger partial charge in [0.1, 0.15) is 12.6 Å². The molecule has 32 heavy (non-hydrogen) atoms. The van der Waals surface area contributed by atoms with Crippen molar-refractivity contribution in [2.75, 3.05) is 19.8 Å². The van der Waals surface area contributed by atoms with E-state index in [-0.39, 0.29) is 31.9 Å². The fraction of sp³-hybridized carbons (Fsp3) is 0.348. The lowest BCUT2D eigenvalue weighted by atomic mass is 9.98. The van der Waals surface area contributed by atoms with Gasteiger partial charge in [-0.15, -0.1) is 0 Å². The van der Waals surface area contributed by atoms with Gasteiger partial charge in [-0.1, -0.05) is 48.5 Å². The number of carbonyl (C=O) groups excluding carboxylic acids is 2. The van der Waals surface area contributed by atoms with Crippen LogP contribution < -0.4 is 10.6 Å². The molecular formula is C23H26N2O7.